The van der Waals surface area contributed by atoms with E-state index < -0.39 is 47.9 Å². The van der Waals surface area contributed by atoms with Crippen LogP contribution in [0.25, 0.3) is 6.08 Å². The second kappa shape index (κ2) is 14.2. The number of aliphatic hydroxyl groups excluding tert-OH is 1. The lowest BCUT2D eigenvalue weighted by Crippen LogP contribution is -2.58. The Morgan fingerprint density at radius 1 is 1.02 bits per heavy atom. The van der Waals surface area contributed by atoms with Crippen LogP contribution in [0.1, 0.15) is 49.5 Å². The minimum absolute atomic E-state index is 0.0622. The summed E-state index contributed by atoms with van der Waals surface area (Å²) in [4.78, 5) is 66.0. The summed E-state index contributed by atoms with van der Waals surface area (Å²) in [6.45, 7) is 6.30. The molecule has 0 radical (unpaired) electrons. The van der Waals surface area contributed by atoms with Gasteiger partial charge in [-0.05, 0) is 31.4 Å². The first kappa shape index (κ1) is 31.0. The molecule has 220 valence electrons. The van der Waals surface area contributed by atoms with E-state index in [1.165, 1.54) is 30.9 Å². The van der Waals surface area contributed by atoms with Crippen LogP contribution in [0.2, 0.25) is 0 Å². The van der Waals surface area contributed by atoms with Crippen molar-refractivity contribution in [3.63, 3.8) is 0 Å². The molecule has 1 aliphatic rings. The summed E-state index contributed by atoms with van der Waals surface area (Å²) in [5.74, 6) is -3.20. The highest BCUT2D eigenvalue weighted by Crippen LogP contribution is 2.11. The van der Waals surface area contributed by atoms with Crippen LogP contribution in [0, 0.1) is 5.92 Å². The van der Waals surface area contributed by atoms with Gasteiger partial charge in [0, 0.05) is 25.2 Å². The molecule has 0 spiro atoms. The van der Waals surface area contributed by atoms with Gasteiger partial charge in [0.1, 0.15) is 18.1 Å². The Hall–Kier alpha value is -4.52. The van der Waals surface area contributed by atoms with Crippen LogP contribution in [-0.4, -0.2) is 82.0 Å². The summed E-state index contributed by atoms with van der Waals surface area (Å²) in [5.41, 5.74) is 0.640. The fourth-order valence-corrected chi connectivity index (χ4v) is 4.01. The number of aliphatic hydroxyl groups is 1. The molecule has 0 aliphatic carbocycles. The number of carbonyl (C=O) groups excluding carboxylic acids is 5. The monoisotopic (exact) mass is 568 g/mol. The molecule has 0 saturated carbocycles. The van der Waals surface area contributed by atoms with Crippen molar-refractivity contribution in [3.8, 4) is 0 Å². The first-order valence-corrected chi connectivity index (χ1v) is 13.3. The molecule has 5 amide bonds. The lowest BCUT2D eigenvalue weighted by molar-refractivity contribution is -0.133. The Labute approximate surface area is 237 Å². The van der Waals surface area contributed by atoms with E-state index in [1.807, 2.05) is 30.3 Å². The molecule has 2 bridgehead atoms. The van der Waals surface area contributed by atoms with Gasteiger partial charge < -0.3 is 35.8 Å². The minimum Gasteiger partial charge on any atom is -0.391 e. The second-order valence-electron chi connectivity index (χ2n) is 10.1. The molecule has 1 aromatic heterocycles. The van der Waals surface area contributed by atoms with Gasteiger partial charge in [-0.2, -0.15) is 0 Å². The standard InChI is InChI=1S/C28H36N6O7/c1-16(2)23-27(39)29-12-13-34(22(36)11-10-19-8-6-5-7-9-19)15-20-14-21(33-41-20)26(38)32-24(18(4)35)28(40)30-17(3)25(37)31-23/h5-11,14,16-18,23-24,35H,12-13,15H2,1-4H3,(H,29,39)(H,30,40)(H,31,37)(H,32,38)/t17-,18+,23-,24-/m0/s1. The molecule has 2 aromatic rings. The lowest BCUT2D eigenvalue weighted by atomic mass is 10.0. The third kappa shape index (κ3) is 8.73. The predicted octanol–water partition coefficient (Wildman–Crippen LogP) is -0.0289. The Morgan fingerprint density at radius 3 is 2.39 bits per heavy atom. The number of benzene rings is 1. The zero-order valence-corrected chi connectivity index (χ0v) is 23.4. The van der Waals surface area contributed by atoms with Gasteiger partial charge in [0.15, 0.2) is 11.5 Å². The van der Waals surface area contributed by atoms with Crippen LogP contribution in [0.3, 0.4) is 0 Å². The molecular weight excluding hydrogens is 532 g/mol. The van der Waals surface area contributed by atoms with Crippen molar-refractivity contribution in [1.82, 2.24) is 31.3 Å². The maximum absolute atomic E-state index is 13.1. The van der Waals surface area contributed by atoms with E-state index in [0.29, 0.717) is 0 Å². The molecule has 5 N–H and O–H groups in total. The summed E-state index contributed by atoms with van der Waals surface area (Å²) in [7, 11) is 0. The van der Waals surface area contributed by atoms with Crippen molar-refractivity contribution in [3.05, 3.63) is 59.5 Å². The van der Waals surface area contributed by atoms with Crippen LogP contribution in [0.4, 0.5) is 0 Å². The molecular formula is C28H36N6O7. The smallest absolute Gasteiger partial charge is 0.274 e. The molecule has 2 heterocycles. The molecule has 1 aliphatic heterocycles. The Kier molecular flexibility index (Phi) is 10.8. The number of amides is 5. The molecule has 13 heteroatoms. The number of rotatable bonds is 4. The van der Waals surface area contributed by atoms with Gasteiger partial charge in [-0.25, -0.2) is 0 Å². The average molecular weight is 569 g/mol. The van der Waals surface area contributed by atoms with Crippen LogP contribution in [-0.2, 0) is 25.7 Å². The summed E-state index contributed by atoms with van der Waals surface area (Å²) in [6, 6.07) is 7.12. The average Bonchev–Trinajstić information content (AvgIpc) is 3.40. The van der Waals surface area contributed by atoms with Crippen LogP contribution < -0.4 is 21.3 Å². The fraction of sp³-hybridized carbons (Fsp3) is 0.429. The number of fused-ring (bicyclic) bond motifs is 2. The van der Waals surface area contributed by atoms with Crippen molar-refractivity contribution in [2.75, 3.05) is 13.1 Å². The molecule has 41 heavy (non-hydrogen) atoms. The van der Waals surface area contributed by atoms with Crippen LogP contribution in [0.15, 0.2) is 47.0 Å². The first-order valence-electron chi connectivity index (χ1n) is 13.3. The summed E-state index contributed by atoms with van der Waals surface area (Å²) < 4.78 is 5.28. The lowest BCUT2D eigenvalue weighted by Gasteiger charge is -2.26. The van der Waals surface area contributed by atoms with Gasteiger partial charge in [-0.3, -0.25) is 24.0 Å². The topological polar surface area (TPSA) is 183 Å². The third-order valence-corrected chi connectivity index (χ3v) is 6.40. The Bertz CT molecular complexity index is 1270. The zero-order valence-electron chi connectivity index (χ0n) is 23.4. The molecule has 0 unspecified atom stereocenters. The highest BCUT2D eigenvalue weighted by molar-refractivity contribution is 5.98. The largest absolute Gasteiger partial charge is 0.391 e. The van der Waals surface area contributed by atoms with E-state index >= 15 is 0 Å². The third-order valence-electron chi connectivity index (χ3n) is 6.40. The SMILES string of the molecule is CC(C)[C@@H]1NC(=O)[C@H](C)NC(=O)[C@H]([C@@H](C)O)NC(=O)c2cc(on2)CN(C(=O)C=Cc2ccccc2)CCNC1=O. The molecule has 3 rings (SSSR count). The first-order chi connectivity index (χ1) is 19.5. The highest BCUT2D eigenvalue weighted by atomic mass is 16.5. The van der Waals surface area contributed by atoms with E-state index in [-0.39, 0.29) is 42.9 Å². The van der Waals surface area contributed by atoms with Crippen molar-refractivity contribution in [1.29, 1.82) is 0 Å². The van der Waals surface area contributed by atoms with Crippen molar-refractivity contribution in [2.24, 2.45) is 5.92 Å². The van der Waals surface area contributed by atoms with E-state index in [0.717, 1.165) is 5.56 Å². The minimum atomic E-state index is -1.41. The normalized spacial score (nSPS) is 22.3. The zero-order chi connectivity index (χ0) is 30.1. The molecule has 4 atom stereocenters. The molecule has 13 nitrogen and oxygen atoms in total. The van der Waals surface area contributed by atoms with Crippen molar-refractivity contribution in [2.45, 2.75) is 58.5 Å². The number of nitrogens with zero attached hydrogens (tertiary/aromatic N) is 2. The van der Waals surface area contributed by atoms with Gasteiger partial charge in [-0.1, -0.05) is 49.3 Å². The quantitative estimate of drug-likeness (QED) is 0.319. The summed E-state index contributed by atoms with van der Waals surface area (Å²) in [6.07, 6.45) is 1.72. The van der Waals surface area contributed by atoms with Gasteiger partial charge in [0.2, 0.25) is 23.6 Å². The number of hydrogen-bond acceptors (Lipinski definition) is 8. The summed E-state index contributed by atoms with van der Waals surface area (Å²) >= 11 is 0. The molecule has 0 saturated heterocycles. The van der Waals surface area contributed by atoms with Crippen LogP contribution in [0.5, 0.6) is 0 Å². The number of hydrogen-bond donors (Lipinski definition) is 5. The molecule has 0 fully saturated rings. The van der Waals surface area contributed by atoms with E-state index in [9.17, 15) is 29.1 Å². The Balaban J connectivity index is 1.90. The second-order valence-corrected chi connectivity index (χ2v) is 10.1. The van der Waals surface area contributed by atoms with Gasteiger partial charge >= 0.3 is 0 Å². The van der Waals surface area contributed by atoms with Gasteiger partial charge in [0.05, 0.1) is 12.6 Å². The number of nitrogens with one attached hydrogen (secondary N) is 4. The van der Waals surface area contributed by atoms with Gasteiger partial charge in [0.25, 0.3) is 5.91 Å². The highest BCUT2D eigenvalue weighted by Gasteiger charge is 2.32. The number of carbonyl (C=O) groups is 5. The number of aromatic nitrogens is 1. The van der Waals surface area contributed by atoms with E-state index in [4.69, 9.17) is 4.52 Å². The van der Waals surface area contributed by atoms with Crippen LogP contribution >= 0.6 is 0 Å². The van der Waals surface area contributed by atoms with E-state index in [2.05, 4.69) is 26.4 Å². The summed E-state index contributed by atoms with van der Waals surface area (Å²) in [5, 5.41) is 24.1. The van der Waals surface area contributed by atoms with E-state index in [1.54, 1.807) is 19.9 Å². The predicted molar refractivity (Wildman–Crippen MR) is 148 cm³/mol. The Morgan fingerprint density at radius 2 is 1.73 bits per heavy atom. The van der Waals surface area contributed by atoms with Crippen molar-refractivity contribution >= 4 is 35.6 Å². The fourth-order valence-electron chi connectivity index (χ4n) is 4.01. The van der Waals surface area contributed by atoms with Crippen molar-refractivity contribution < 1.29 is 33.6 Å². The maximum atomic E-state index is 13.1. The molecule has 1 aromatic carbocycles. The maximum Gasteiger partial charge on any atom is 0.274 e. The van der Waals surface area contributed by atoms with Gasteiger partial charge in [-0.15, -0.1) is 0 Å².